The van der Waals surface area contributed by atoms with Gasteiger partial charge in [0.15, 0.2) is 6.61 Å². The summed E-state index contributed by atoms with van der Waals surface area (Å²) in [7, 11) is 0. The summed E-state index contributed by atoms with van der Waals surface area (Å²) in [4.78, 5) is 19.7. The number of benzene rings is 3. The van der Waals surface area contributed by atoms with Crippen LogP contribution in [0, 0.1) is 24.1 Å². The Morgan fingerprint density at radius 3 is 2.62 bits per heavy atom. The van der Waals surface area contributed by atoms with E-state index >= 15 is 0 Å². The predicted molar refractivity (Wildman–Crippen MR) is 121 cm³/mol. The summed E-state index contributed by atoms with van der Waals surface area (Å²) in [6.07, 6.45) is 1.73. The lowest BCUT2D eigenvalue weighted by Crippen LogP contribution is -2.20. The van der Waals surface area contributed by atoms with E-state index in [1.54, 1.807) is 30.3 Å². The monoisotopic (exact) mass is 426 g/mol. The van der Waals surface area contributed by atoms with E-state index < -0.39 is 0 Å². The Bertz CT molecular complexity index is 1330. The number of hydrogen-bond acceptors (Lipinski definition) is 4. The molecule has 0 aliphatic rings. The average molecular weight is 426 g/mol. The number of halogens is 1. The number of nitrogens with one attached hydrogen (secondary N) is 2. The molecule has 1 amide bonds. The highest BCUT2D eigenvalue weighted by Gasteiger charge is 2.09. The Morgan fingerprint density at radius 2 is 1.91 bits per heavy atom. The van der Waals surface area contributed by atoms with Crippen LogP contribution in [-0.4, -0.2) is 22.5 Å². The van der Waals surface area contributed by atoms with Crippen molar-refractivity contribution in [2.75, 3.05) is 11.9 Å². The lowest BCUT2D eigenvalue weighted by atomic mass is 10.1. The van der Waals surface area contributed by atoms with Crippen molar-refractivity contribution < 1.29 is 13.9 Å². The minimum atomic E-state index is -0.372. The first-order valence-corrected chi connectivity index (χ1v) is 9.87. The minimum Gasteiger partial charge on any atom is -0.484 e. The molecule has 0 atom stereocenters. The number of carbonyl (C=O) groups is 1. The third-order valence-corrected chi connectivity index (χ3v) is 4.70. The maximum absolute atomic E-state index is 12.9. The minimum absolute atomic E-state index is 0.186. The molecule has 2 N–H and O–H groups in total. The van der Waals surface area contributed by atoms with Crippen molar-refractivity contribution in [1.82, 2.24) is 9.97 Å². The number of aromatic amines is 1. The summed E-state index contributed by atoms with van der Waals surface area (Å²) in [6, 6.07) is 20.6. The number of aromatic nitrogens is 2. The Balaban J connectivity index is 1.40. The van der Waals surface area contributed by atoms with E-state index in [9.17, 15) is 14.4 Å². The number of ether oxygens (including phenoxy) is 1. The van der Waals surface area contributed by atoms with Crippen LogP contribution in [0.1, 0.15) is 17.0 Å². The number of H-pyrrole nitrogens is 1. The van der Waals surface area contributed by atoms with E-state index in [1.165, 1.54) is 24.3 Å². The first-order chi connectivity index (χ1) is 15.5. The Kier molecular flexibility index (Phi) is 5.95. The van der Waals surface area contributed by atoms with Gasteiger partial charge < -0.3 is 15.0 Å². The molecule has 0 bridgehead atoms. The number of nitrogens with zero attached hydrogens (tertiary/aromatic N) is 2. The summed E-state index contributed by atoms with van der Waals surface area (Å²) < 4.78 is 18.4. The van der Waals surface area contributed by atoms with Crippen LogP contribution in [0.15, 0.2) is 66.7 Å². The maximum Gasteiger partial charge on any atom is 0.262 e. The molecule has 7 heteroatoms. The summed E-state index contributed by atoms with van der Waals surface area (Å²) in [5.41, 5.74) is 4.48. The van der Waals surface area contributed by atoms with E-state index in [-0.39, 0.29) is 18.3 Å². The standard InChI is InChI=1S/C25H19FN4O2/c1-16-2-11-22-23(12-16)30-25(29-22)18(14-27)13-17-3-9-21(10-4-17)32-15-24(31)28-20-7-5-19(26)6-8-20/h2-13H,15H2,1H3,(H,28,31)(H,29,30)/b18-13-. The van der Waals surface area contributed by atoms with E-state index in [2.05, 4.69) is 21.4 Å². The second kappa shape index (κ2) is 9.14. The summed E-state index contributed by atoms with van der Waals surface area (Å²) >= 11 is 0. The maximum atomic E-state index is 12.9. The topological polar surface area (TPSA) is 90.8 Å². The van der Waals surface area contributed by atoms with Gasteiger partial charge in [0, 0.05) is 5.69 Å². The Labute approximate surface area is 184 Å². The molecule has 0 unspecified atom stereocenters. The van der Waals surface area contributed by atoms with Gasteiger partial charge >= 0.3 is 0 Å². The van der Waals surface area contributed by atoms with Gasteiger partial charge in [0.25, 0.3) is 5.91 Å². The molecule has 32 heavy (non-hydrogen) atoms. The van der Waals surface area contributed by atoms with Crippen molar-refractivity contribution in [1.29, 1.82) is 5.26 Å². The molecule has 0 radical (unpaired) electrons. The van der Waals surface area contributed by atoms with Crippen LogP contribution >= 0.6 is 0 Å². The second-order valence-electron chi connectivity index (χ2n) is 7.19. The number of fused-ring (bicyclic) bond motifs is 1. The van der Waals surface area contributed by atoms with Crippen LogP contribution in [-0.2, 0) is 4.79 Å². The lowest BCUT2D eigenvalue weighted by molar-refractivity contribution is -0.118. The van der Waals surface area contributed by atoms with Gasteiger partial charge in [-0.05, 0) is 72.7 Å². The highest BCUT2D eigenvalue weighted by Crippen LogP contribution is 2.21. The zero-order chi connectivity index (χ0) is 22.5. The zero-order valence-corrected chi connectivity index (χ0v) is 17.2. The van der Waals surface area contributed by atoms with Gasteiger partial charge in [-0.3, -0.25) is 4.79 Å². The number of carbonyl (C=O) groups excluding carboxylic acids is 1. The van der Waals surface area contributed by atoms with Gasteiger partial charge in [-0.25, -0.2) is 9.37 Å². The molecule has 1 aromatic heterocycles. The molecule has 0 saturated heterocycles. The number of amides is 1. The van der Waals surface area contributed by atoms with Crippen molar-refractivity contribution in [3.8, 4) is 11.8 Å². The average Bonchev–Trinajstić information content (AvgIpc) is 3.21. The number of imidazole rings is 1. The van der Waals surface area contributed by atoms with E-state index in [0.29, 0.717) is 22.8 Å². The van der Waals surface area contributed by atoms with Crippen molar-refractivity contribution in [3.05, 3.63) is 89.5 Å². The van der Waals surface area contributed by atoms with Crippen LogP contribution in [0.5, 0.6) is 5.75 Å². The van der Waals surface area contributed by atoms with E-state index in [4.69, 9.17) is 4.74 Å². The molecule has 3 aromatic carbocycles. The van der Waals surface area contributed by atoms with Gasteiger partial charge in [-0.1, -0.05) is 18.2 Å². The molecule has 0 spiro atoms. The van der Waals surface area contributed by atoms with Crippen molar-refractivity contribution >= 4 is 34.3 Å². The van der Waals surface area contributed by atoms with Gasteiger partial charge in [-0.15, -0.1) is 0 Å². The molecule has 0 aliphatic heterocycles. The SMILES string of the molecule is Cc1ccc2nc(/C(C#N)=C\c3ccc(OCC(=O)Nc4ccc(F)cc4)cc3)[nH]c2c1. The second-order valence-corrected chi connectivity index (χ2v) is 7.19. The Hall–Kier alpha value is -4.44. The fraction of sp³-hybridized carbons (Fsp3) is 0.0800. The number of allylic oxidation sites excluding steroid dienone is 1. The quantitative estimate of drug-likeness (QED) is 0.420. The molecular formula is C25H19FN4O2. The summed E-state index contributed by atoms with van der Waals surface area (Å²) in [5.74, 6) is 0.288. The van der Waals surface area contributed by atoms with Crippen LogP contribution in [0.25, 0.3) is 22.7 Å². The number of anilines is 1. The van der Waals surface area contributed by atoms with Crippen molar-refractivity contribution in [2.45, 2.75) is 6.92 Å². The molecule has 0 saturated carbocycles. The molecule has 6 nitrogen and oxygen atoms in total. The number of rotatable bonds is 6. The van der Waals surface area contributed by atoms with Crippen LogP contribution in [0.4, 0.5) is 10.1 Å². The molecule has 1 heterocycles. The van der Waals surface area contributed by atoms with Crippen LogP contribution in [0.2, 0.25) is 0 Å². The van der Waals surface area contributed by atoms with Gasteiger partial charge in [-0.2, -0.15) is 5.26 Å². The fourth-order valence-electron chi connectivity index (χ4n) is 3.11. The van der Waals surface area contributed by atoms with Gasteiger partial charge in [0.2, 0.25) is 0 Å². The first-order valence-electron chi connectivity index (χ1n) is 9.87. The normalized spacial score (nSPS) is 11.2. The molecule has 158 valence electrons. The van der Waals surface area contributed by atoms with E-state index in [0.717, 1.165) is 22.2 Å². The molecule has 4 rings (SSSR count). The molecule has 0 aliphatic carbocycles. The zero-order valence-electron chi connectivity index (χ0n) is 17.2. The summed E-state index contributed by atoms with van der Waals surface area (Å²) in [5, 5.41) is 12.2. The van der Waals surface area contributed by atoms with E-state index in [1.807, 2.05) is 25.1 Å². The highest BCUT2D eigenvalue weighted by atomic mass is 19.1. The predicted octanol–water partition coefficient (Wildman–Crippen LogP) is 5.09. The Morgan fingerprint density at radius 1 is 1.16 bits per heavy atom. The molecule has 0 fully saturated rings. The van der Waals surface area contributed by atoms with Gasteiger partial charge in [0.1, 0.15) is 23.5 Å². The highest BCUT2D eigenvalue weighted by molar-refractivity contribution is 5.92. The van der Waals surface area contributed by atoms with Crippen molar-refractivity contribution in [2.24, 2.45) is 0 Å². The third kappa shape index (κ3) is 4.99. The number of nitriles is 1. The molecule has 4 aromatic rings. The lowest BCUT2D eigenvalue weighted by Gasteiger charge is -2.08. The smallest absolute Gasteiger partial charge is 0.262 e. The number of hydrogen-bond donors (Lipinski definition) is 2. The summed E-state index contributed by atoms with van der Waals surface area (Å²) in [6.45, 7) is 1.81. The van der Waals surface area contributed by atoms with Crippen molar-refractivity contribution in [3.63, 3.8) is 0 Å². The third-order valence-electron chi connectivity index (χ3n) is 4.70. The number of aryl methyl sites for hydroxylation is 1. The fourth-order valence-corrected chi connectivity index (χ4v) is 3.11. The van der Waals surface area contributed by atoms with Crippen LogP contribution in [0.3, 0.4) is 0 Å². The van der Waals surface area contributed by atoms with Gasteiger partial charge in [0.05, 0.1) is 16.6 Å². The van der Waals surface area contributed by atoms with Crippen LogP contribution < -0.4 is 10.1 Å². The largest absolute Gasteiger partial charge is 0.484 e. The first kappa shape index (κ1) is 20.8. The molecular weight excluding hydrogens is 407 g/mol.